The first kappa shape index (κ1) is 19.7. The van der Waals surface area contributed by atoms with Crippen LogP contribution in [0.15, 0.2) is 29.3 Å². The summed E-state index contributed by atoms with van der Waals surface area (Å²) in [6.07, 6.45) is 7.13. The second-order valence-corrected chi connectivity index (χ2v) is 7.93. The van der Waals surface area contributed by atoms with Crippen molar-refractivity contribution < 1.29 is 4.74 Å². The molecular weight excluding hydrogens is 356 g/mol. The lowest BCUT2D eigenvalue weighted by atomic mass is 10.0. The molecule has 0 saturated heterocycles. The molecule has 27 heavy (non-hydrogen) atoms. The fourth-order valence-electron chi connectivity index (χ4n) is 3.24. The van der Waals surface area contributed by atoms with Gasteiger partial charge in [0.1, 0.15) is 5.75 Å². The number of rotatable bonds is 8. The first-order valence-corrected chi connectivity index (χ1v) is 10.7. The van der Waals surface area contributed by atoms with Gasteiger partial charge in [-0.3, -0.25) is 0 Å². The fraction of sp³-hybridized carbons (Fsp3) is 0.524. The van der Waals surface area contributed by atoms with Gasteiger partial charge in [0.2, 0.25) is 0 Å². The zero-order chi connectivity index (χ0) is 18.9. The summed E-state index contributed by atoms with van der Waals surface area (Å²) in [5.74, 6) is 1.73. The van der Waals surface area contributed by atoms with Crippen LogP contribution in [0.4, 0.5) is 0 Å². The summed E-state index contributed by atoms with van der Waals surface area (Å²) in [5, 5.41) is 8.04. The second-order valence-electron chi connectivity index (χ2n) is 6.76. The van der Waals surface area contributed by atoms with E-state index in [2.05, 4.69) is 28.6 Å². The quantitative estimate of drug-likeness (QED) is 0.412. The van der Waals surface area contributed by atoms with Crippen LogP contribution in [0.25, 0.3) is 0 Å². The van der Waals surface area contributed by atoms with E-state index in [1.807, 2.05) is 29.5 Å². The van der Waals surface area contributed by atoms with Gasteiger partial charge in [-0.1, -0.05) is 12.1 Å². The highest BCUT2D eigenvalue weighted by molar-refractivity contribution is 7.11. The van der Waals surface area contributed by atoms with Gasteiger partial charge in [-0.2, -0.15) is 0 Å². The molecule has 1 aromatic heterocycles. The normalized spacial score (nSPS) is 13.9. The number of ether oxygens (including phenoxy) is 1. The number of hydrogen-bond donors (Lipinski definition) is 2. The Balaban J connectivity index is 1.46. The van der Waals surface area contributed by atoms with Crippen molar-refractivity contribution in [2.75, 3.05) is 20.2 Å². The molecule has 0 saturated carbocycles. The molecule has 1 aliphatic carbocycles. The molecule has 0 radical (unpaired) electrons. The van der Waals surface area contributed by atoms with Gasteiger partial charge in [-0.05, 0) is 56.7 Å². The van der Waals surface area contributed by atoms with Gasteiger partial charge in [0.15, 0.2) is 5.96 Å². The molecule has 3 rings (SSSR count). The summed E-state index contributed by atoms with van der Waals surface area (Å²) in [5.41, 5.74) is 2.50. The predicted octanol–water partition coefficient (Wildman–Crippen LogP) is 3.72. The van der Waals surface area contributed by atoms with Gasteiger partial charge in [-0.25, -0.2) is 9.98 Å². The highest BCUT2D eigenvalue weighted by Gasteiger charge is 2.14. The molecular formula is C21H30N4OS. The average Bonchev–Trinajstić information content (AvgIpc) is 3.12. The second kappa shape index (κ2) is 10.3. The van der Waals surface area contributed by atoms with Crippen molar-refractivity contribution in [2.45, 2.75) is 52.0 Å². The number of aromatic nitrogens is 1. The van der Waals surface area contributed by atoms with Crippen molar-refractivity contribution in [3.63, 3.8) is 0 Å². The van der Waals surface area contributed by atoms with Gasteiger partial charge in [0, 0.05) is 24.4 Å². The molecule has 1 heterocycles. The van der Waals surface area contributed by atoms with Crippen LogP contribution in [0.2, 0.25) is 0 Å². The van der Waals surface area contributed by atoms with E-state index in [0.29, 0.717) is 6.54 Å². The number of nitrogens with one attached hydrogen (secondary N) is 2. The summed E-state index contributed by atoms with van der Waals surface area (Å²) in [6, 6.07) is 8.04. The van der Waals surface area contributed by atoms with E-state index in [-0.39, 0.29) is 0 Å². The number of benzene rings is 1. The van der Waals surface area contributed by atoms with E-state index in [9.17, 15) is 0 Å². The zero-order valence-electron chi connectivity index (χ0n) is 16.4. The van der Waals surface area contributed by atoms with E-state index < -0.39 is 0 Å². The maximum atomic E-state index is 5.28. The first-order valence-electron chi connectivity index (χ1n) is 9.91. The van der Waals surface area contributed by atoms with Crippen LogP contribution >= 0.6 is 11.3 Å². The number of aliphatic imine (C=N–C) groups is 1. The summed E-state index contributed by atoms with van der Waals surface area (Å²) < 4.78 is 5.28. The number of aryl methyl sites for hydroxylation is 3. The molecule has 0 aliphatic heterocycles. The van der Waals surface area contributed by atoms with E-state index in [1.54, 1.807) is 7.11 Å². The smallest absolute Gasteiger partial charge is 0.191 e. The molecule has 0 amide bonds. The summed E-state index contributed by atoms with van der Waals surface area (Å²) in [6.45, 7) is 4.46. The topological polar surface area (TPSA) is 58.5 Å². The Morgan fingerprint density at radius 1 is 1.26 bits per heavy atom. The molecule has 2 N–H and O–H groups in total. The third-order valence-corrected chi connectivity index (χ3v) is 5.87. The minimum atomic E-state index is 0.631. The third kappa shape index (κ3) is 5.96. The molecule has 6 heteroatoms. The summed E-state index contributed by atoms with van der Waals surface area (Å²) >= 11 is 1.92. The van der Waals surface area contributed by atoms with Crippen LogP contribution < -0.4 is 15.4 Å². The lowest BCUT2D eigenvalue weighted by Gasteiger charge is -2.11. The van der Waals surface area contributed by atoms with E-state index in [4.69, 9.17) is 9.72 Å². The molecule has 1 aliphatic rings. The number of hydrogen-bond acceptors (Lipinski definition) is 4. The SMILES string of the molecule is CCNC(=NCc1cccc(OC)c1)NCCCc1nc2c(s1)CCCC2. The van der Waals surface area contributed by atoms with E-state index >= 15 is 0 Å². The molecule has 1 aromatic carbocycles. The van der Waals surface area contributed by atoms with Crippen LogP contribution in [-0.2, 0) is 25.8 Å². The fourth-order valence-corrected chi connectivity index (χ4v) is 4.44. The monoisotopic (exact) mass is 386 g/mol. The molecule has 5 nitrogen and oxygen atoms in total. The lowest BCUT2D eigenvalue weighted by Crippen LogP contribution is -2.37. The Morgan fingerprint density at radius 2 is 2.15 bits per heavy atom. The van der Waals surface area contributed by atoms with Crippen molar-refractivity contribution in [1.82, 2.24) is 15.6 Å². The standard InChI is InChI=1S/C21H30N4OS/c1-3-22-21(24-15-16-8-6-9-17(14-16)26-2)23-13-7-12-20-25-18-10-4-5-11-19(18)27-20/h6,8-9,14H,3-5,7,10-13,15H2,1-2H3,(H2,22,23,24). The highest BCUT2D eigenvalue weighted by Crippen LogP contribution is 2.27. The number of fused-ring (bicyclic) bond motifs is 1. The Hall–Kier alpha value is -2.08. The first-order chi connectivity index (χ1) is 13.3. The minimum Gasteiger partial charge on any atom is -0.497 e. The van der Waals surface area contributed by atoms with E-state index in [1.165, 1.54) is 41.3 Å². The Labute approximate surface area is 166 Å². The lowest BCUT2D eigenvalue weighted by molar-refractivity contribution is 0.414. The van der Waals surface area contributed by atoms with Gasteiger partial charge >= 0.3 is 0 Å². The average molecular weight is 387 g/mol. The Bertz CT molecular complexity index is 733. The molecule has 0 spiro atoms. The van der Waals surface area contributed by atoms with Crippen LogP contribution in [0.1, 0.15) is 47.3 Å². The minimum absolute atomic E-state index is 0.631. The van der Waals surface area contributed by atoms with Crippen molar-refractivity contribution in [1.29, 1.82) is 0 Å². The Morgan fingerprint density at radius 3 is 2.96 bits per heavy atom. The maximum absolute atomic E-state index is 5.28. The molecule has 0 atom stereocenters. The van der Waals surface area contributed by atoms with Crippen molar-refractivity contribution in [3.05, 3.63) is 45.4 Å². The van der Waals surface area contributed by atoms with Crippen LogP contribution in [0.5, 0.6) is 5.75 Å². The molecule has 146 valence electrons. The van der Waals surface area contributed by atoms with Crippen LogP contribution in [0, 0.1) is 0 Å². The molecule has 0 bridgehead atoms. The number of thiazole rings is 1. The van der Waals surface area contributed by atoms with Crippen molar-refractivity contribution in [3.8, 4) is 5.75 Å². The van der Waals surface area contributed by atoms with Crippen molar-refractivity contribution in [2.24, 2.45) is 4.99 Å². The van der Waals surface area contributed by atoms with Gasteiger partial charge in [0.05, 0.1) is 24.4 Å². The summed E-state index contributed by atoms with van der Waals surface area (Å²) in [4.78, 5) is 11.0. The highest BCUT2D eigenvalue weighted by atomic mass is 32.1. The third-order valence-electron chi connectivity index (χ3n) is 4.65. The number of nitrogens with zero attached hydrogens (tertiary/aromatic N) is 2. The molecule has 0 fully saturated rings. The van der Waals surface area contributed by atoms with Crippen LogP contribution in [-0.4, -0.2) is 31.1 Å². The van der Waals surface area contributed by atoms with Gasteiger partial charge in [0.25, 0.3) is 0 Å². The maximum Gasteiger partial charge on any atom is 0.191 e. The van der Waals surface area contributed by atoms with Gasteiger partial charge in [-0.15, -0.1) is 11.3 Å². The van der Waals surface area contributed by atoms with Gasteiger partial charge < -0.3 is 15.4 Å². The number of guanidine groups is 1. The predicted molar refractivity (Wildman–Crippen MR) is 113 cm³/mol. The largest absolute Gasteiger partial charge is 0.497 e. The Kier molecular flexibility index (Phi) is 7.51. The zero-order valence-corrected chi connectivity index (χ0v) is 17.2. The summed E-state index contributed by atoms with van der Waals surface area (Å²) in [7, 11) is 1.69. The van der Waals surface area contributed by atoms with Crippen molar-refractivity contribution >= 4 is 17.3 Å². The van der Waals surface area contributed by atoms with Crippen LogP contribution in [0.3, 0.4) is 0 Å². The molecule has 0 unspecified atom stereocenters. The van der Waals surface area contributed by atoms with E-state index in [0.717, 1.165) is 43.2 Å². The molecule has 2 aromatic rings. The number of methoxy groups -OCH3 is 1.